The van der Waals surface area contributed by atoms with E-state index in [9.17, 15) is 0 Å². The van der Waals surface area contributed by atoms with E-state index in [1.165, 1.54) is 26.1 Å². The lowest BCUT2D eigenvalue weighted by Gasteiger charge is -2.42. The number of nitrogens with one attached hydrogen (secondary N) is 1. The highest BCUT2D eigenvalue weighted by Crippen LogP contribution is 2.11. The van der Waals surface area contributed by atoms with Gasteiger partial charge in [0, 0.05) is 44.3 Å². The van der Waals surface area contributed by atoms with Gasteiger partial charge in [-0.05, 0) is 34.2 Å². The van der Waals surface area contributed by atoms with Gasteiger partial charge in [-0.2, -0.15) is 0 Å². The van der Waals surface area contributed by atoms with Crippen molar-refractivity contribution in [3.05, 3.63) is 0 Å². The fourth-order valence-electron chi connectivity index (χ4n) is 2.44. The van der Waals surface area contributed by atoms with Crippen LogP contribution in [0.15, 0.2) is 0 Å². The summed E-state index contributed by atoms with van der Waals surface area (Å²) >= 11 is 0. The Labute approximate surface area is 101 Å². The Balaban J connectivity index is 2.32. The number of likely N-dealkylation sites (N-methyl/N-ethyl adjacent to an activating group) is 1. The molecule has 3 atom stereocenters. The smallest absolute Gasteiger partial charge is 0.0198 e. The molecule has 3 heteroatoms. The van der Waals surface area contributed by atoms with Gasteiger partial charge in [0.05, 0.1) is 0 Å². The largest absolute Gasteiger partial charge is 0.313 e. The van der Waals surface area contributed by atoms with Gasteiger partial charge in [0.25, 0.3) is 0 Å². The van der Waals surface area contributed by atoms with Gasteiger partial charge in [-0.25, -0.2) is 0 Å². The summed E-state index contributed by atoms with van der Waals surface area (Å²) in [6, 6.07) is 1.98. The molecule has 16 heavy (non-hydrogen) atoms. The SMILES string of the molecule is CCC(C)NCC(C)N1CCN(C)CC1C. The van der Waals surface area contributed by atoms with E-state index in [1.807, 2.05) is 0 Å². The van der Waals surface area contributed by atoms with Crippen LogP contribution in [0.5, 0.6) is 0 Å². The van der Waals surface area contributed by atoms with Crippen molar-refractivity contribution in [3.63, 3.8) is 0 Å². The summed E-state index contributed by atoms with van der Waals surface area (Å²) < 4.78 is 0. The second-order valence-corrected chi connectivity index (χ2v) is 5.42. The lowest BCUT2D eigenvalue weighted by atomic mass is 10.1. The number of piperazine rings is 1. The minimum absolute atomic E-state index is 0.644. The average molecular weight is 227 g/mol. The van der Waals surface area contributed by atoms with Crippen molar-refractivity contribution in [2.75, 3.05) is 33.2 Å². The first-order chi connectivity index (χ1) is 7.54. The maximum absolute atomic E-state index is 3.61. The first-order valence-electron chi connectivity index (χ1n) is 6.72. The van der Waals surface area contributed by atoms with E-state index >= 15 is 0 Å². The third kappa shape index (κ3) is 4.04. The van der Waals surface area contributed by atoms with Gasteiger partial charge in [0.2, 0.25) is 0 Å². The highest BCUT2D eigenvalue weighted by molar-refractivity contribution is 4.82. The van der Waals surface area contributed by atoms with Gasteiger partial charge < -0.3 is 10.2 Å². The summed E-state index contributed by atoms with van der Waals surface area (Å²) in [4.78, 5) is 5.06. The van der Waals surface area contributed by atoms with Crippen molar-refractivity contribution < 1.29 is 0 Å². The van der Waals surface area contributed by atoms with Crippen molar-refractivity contribution in [1.29, 1.82) is 0 Å². The molecule has 96 valence electrons. The number of rotatable bonds is 5. The molecule has 1 heterocycles. The Bertz CT molecular complexity index is 196. The third-order valence-corrected chi connectivity index (χ3v) is 3.82. The van der Waals surface area contributed by atoms with Crippen molar-refractivity contribution >= 4 is 0 Å². The Morgan fingerprint density at radius 1 is 1.31 bits per heavy atom. The summed E-state index contributed by atoms with van der Waals surface area (Å²) in [6.07, 6.45) is 1.21. The predicted octanol–water partition coefficient (Wildman–Crippen LogP) is 1.40. The second kappa shape index (κ2) is 6.58. The van der Waals surface area contributed by atoms with Crippen LogP contribution in [0.4, 0.5) is 0 Å². The molecular formula is C13H29N3. The van der Waals surface area contributed by atoms with Crippen LogP contribution in [0.2, 0.25) is 0 Å². The zero-order chi connectivity index (χ0) is 12.1. The standard InChI is InChI=1S/C13H29N3/c1-6-11(2)14-9-12(3)16-8-7-15(5)10-13(16)4/h11-14H,6-10H2,1-5H3. The van der Waals surface area contributed by atoms with Crippen LogP contribution >= 0.6 is 0 Å². The van der Waals surface area contributed by atoms with E-state index < -0.39 is 0 Å². The molecule has 1 aliphatic heterocycles. The Morgan fingerprint density at radius 2 is 2.00 bits per heavy atom. The molecule has 0 radical (unpaired) electrons. The van der Waals surface area contributed by atoms with Gasteiger partial charge in [-0.1, -0.05) is 6.92 Å². The monoisotopic (exact) mass is 227 g/mol. The van der Waals surface area contributed by atoms with Crippen molar-refractivity contribution in [1.82, 2.24) is 15.1 Å². The summed E-state index contributed by atoms with van der Waals surface area (Å²) in [5, 5.41) is 3.61. The molecule has 0 aromatic heterocycles. The zero-order valence-electron chi connectivity index (χ0n) is 11.7. The summed E-state index contributed by atoms with van der Waals surface area (Å²) in [5.41, 5.74) is 0. The molecule has 1 saturated heterocycles. The Hall–Kier alpha value is -0.120. The first kappa shape index (κ1) is 13.9. The van der Waals surface area contributed by atoms with E-state index in [2.05, 4.69) is 49.9 Å². The number of hydrogen-bond acceptors (Lipinski definition) is 3. The van der Waals surface area contributed by atoms with Crippen molar-refractivity contribution in [3.8, 4) is 0 Å². The molecule has 1 rings (SSSR count). The third-order valence-electron chi connectivity index (χ3n) is 3.82. The molecule has 3 nitrogen and oxygen atoms in total. The fraction of sp³-hybridized carbons (Fsp3) is 1.00. The minimum atomic E-state index is 0.644. The molecule has 0 aromatic rings. The molecule has 0 aromatic carbocycles. The zero-order valence-corrected chi connectivity index (χ0v) is 11.7. The van der Waals surface area contributed by atoms with Crippen LogP contribution in [0.25, 0.3) is 0 Å². The van der Waals surface area contributed by atoms with E-state index in [1.54, 1.807) is 0 Å². The summed E-state index contributed by atoms with van der Waals surface area (Å²) in [6.45, 7) is 13.9. The van der Waals surface area contributed by atoms with Crippen LogP contribution in [0, 0.1) is 0 Å². The quantitative estimate of drug-likeness (QED) is 0.766. The normalized spacial score (nSPS) is 27.9. The maximum Gasteiger partial charge on any atom is 0.0198 e. The average Bonchev–Trinajstić information content (AvgIpc) is 2.25. The van der Waals surface area contributed by atoms with Crippen molar-refractivity contribution in [2.24, 2.45) is 0 Å². The van der Waals surface area contributed by atoms with E-state index in [-0.39, 0.29) is 0 Å². The highest BCUT2D eigenvalue weighted by Gasteiger charge is 2.25. The Kier molecular flexibility index (Phi) is 5.73. The molecule has 0 saturated carbocycles. The lowest BCUT2D eigenvalue weighted by molar-refractivity contribution is 0.0665. The van der Waals surface area contributed by atoms with Gasteiger partial charge in [0.15, 0.2) is 0 Å². The molecule has 0 aliphatic carbocycles. The lowest BCUT2D eigenvalue weighted by Crippen LogP contribution is -2.56. The minimum Gasteiger partial charge on any atom is -0.313 e. The molecule has 0 amide bonds. The highest BCUT2D eigenvalue weighted by atomic mass is 15.3. The summed E-state index contributed by atoms with van der Waals surface area (Å²) in [7, 11) is 2.22. The van der Waals surface area contributed by atoms with Crippen molar-refractivity contribution in [2.45, 2.75) is 52.2 Å². The summed E-state index contributed by atoms with van der Waals surface area (Å²) in [5.74, 6) is 0. The number of hydrogen-bond donors (Lipinski definition) is 1. The molecule has 1 aliphatic rings. The van der Waals surface area contributed by atoms with E-state index in [4.69, 9.17) is 0 Å². The van der Waals surface area contributed by atoms with Crippen LogP contribution in [-0.2, 0) is 0 Å². The molecule has 1 N–H and O–H groups in total. The molecular weight excluding hydrogens is 198 g/mol. The van der Waals surface area contributed by atoms with Gasteiger partial charge >= 0.3 is 0 Å². The Morgan fingerprint density at radius 3 is 2.56 bits per heavy atom. The molecule has 1 fully saturated rings. The number of nitrogens with zero attached hydrogens (tertiary/aromatic N) is 2. The molecule has 0 spiro atoms. The molecule has 3 unspecified atom stereocenters. The van der Waals surface area contributed by atoms with E-state index in [0.717, 1.165) is 6.54 Å². The van der Waals surface area contributed by atoms with Gasteiger partial charge in [0.1, 0.15) is 0 Å². The van der Waals surface area contributed by atoms with Crippen LogP contribution in [0.1, 0.15) is 34.1 Å². The van der Waals surface area contributed by atoms with Gasteiger partial charge in [-0.3, -0.25) is 4.90 Å². The van der Waals surface area contributed by atoms with E-state index in [0.29, 0.717) is 18.1 Å². The maximum atomic E-state index is 3.61. The van der Waals surface area contributed by atoms with Gasteiger partial charge in [-0.15, -0.1) is 0 Å². The first-order valence-corrected chi connectivity index (χ1v) is 6.72. The second-order valence-electron chi connectivity index (χ2n) is 5.42. The topological polar surface area (TPSA) is 18.5 Å². The van der Waals surface area contributed by atoms with Crippen LogP contribution < -0.4 is 5.32 Å². The molecule has 0 bridgehead atoms. The predicted molar refractivity (Wildman–Crippen MR) is 70.9 cm³/mol. The van der Waals surface area contributed by atoms with Crippen LogP contribution in [0.3, 0.4) is 0 Å². The fourth-order valence-corrected chi connectivity index (χ4v) is 2.44. The van der Waals surface area contributed by atoms with Crippen LogP contribution in [-0.4, -0.2) is 61.2 Å².